The zero-order valence-corrected chi connectivity index (χ0v) is 90.2. The normalized spacial score (nSPS) is 12.3. The van der Waals surface area contributed by atoms with Crippen molar-refractivity contribution >= 4 is 220 Å². The summed E-state index contributed by atoms with van der Waals surface area (Å²) in [6.45, 7) is 0. The molecule has 0 spiro atoms. The molecular formula is C96H80As4F4I8O12. The Bertz CT molecular complexity index is 4600. The van der Waals surface area contributed by atoms with E-state index in [1.54, 1.807) is 0 Å². The average Bonchev–Trinajstić information content (AvgIpc) is 0.818. The maximum atomic E-state index is 15.6. The van der Waals surface area contributed by atoms with Crippen LogP contribution in [0.15, 0.2) is 485 Å². The van der Waals surface area contributed by atoms with Crippen LogP contribution in [0, 0.1) is 57.1 Å². The van der Waals surface area contributed by atoms with Crippen molar-refractivity contribution in [1.29, 1.82) is 0 Å². The van der Waals surface area contributed by atoms with E-state index in [2.05, 4.69) is 0 Å². The number of hydrogen-bond acceptors (Lipinski definition) is 12. The summed E-state index contributed by atoms with van der Waals surface area (Å²) in [5.41, 5.74) is 0. The molecule has 640 valence electrons. The summed E-state index contributed by atoms with van der Waals surface area (Å²) in [6, 6.07) is 151. The third kappa shape index (κ3) is 30.1. The second-order valence-electron chi connectivity index (χ2n) is 25.0. The first-order chi connectivity index (χ1) is 60.5. The second-order valence-corrected chi connectivity index (χ2v) is 82.2. The van der Waals surface area contributed by atoms with Gasteiger partial charge in [0.15, 0.2) is 0 Å². The van der Waals surface area contributed by atoms with Crippen molar-refractivity contribution in [2.75, 3.05) is 0 Å². The van der Waals surface area contributed by atoms with Crippen LogP contribution in [0.25, 0.3) is 0 Å². The van der Waals surface area contributed by atoms with E-state index in [9.17, 15) is 15.0 Å². The minimum absolute atomic E-state index is 0.876. The van der Waals surface area contributed by atoms with E-state index in [1.807, 2.05) is 485 Å². The van der Waals surface area contributed by atoms with Gasteiger partial charge in [0.25, 0.3) is 0 Å². The minimum atomic E-state index is -5.58. The molecule has 0 heterocycles. The van der Waals surface area contributed by atoms with Crippen LogP contribution in [0.4, 0.5) is 13.9 Å². The van der Waals surface area contributed by atoms with Crippen molar-refractivity contribution < 1.29 is 45.3 Å². The molecule has 0 aliphatic heterocycles. The molecule has 0 radical (unpaired) electrons. The zero-order chi connectivity index (χ0) is 86.1. The summed E-state index contributed by atoms with van der Waals surface area (Å²) in [7, 11) is 0. The zero-order valence-electron chi connectivity index (χ0n) is 65.4. The van der Waals surface area contributed by atoms with Crippen molar-refractivity contribution in [3.05, 3.63) is 542 Å². The van der Waals surface area contributed by atoms with E-state index in [4.69, 9.17) is 16.4 Å². The quantitative estimate of drug-likeness (QED) is 0.0225. The summed E-state index contributed by atoms with van der Waals surface area (Å²) in [5.74, 6) is 0. The van der Waals surface area contributed by atoms with Gasteiger partial charge in [-0.25, -0.2) is 0 Å². The fraction of sp³-hybridized carbons (Fsp3) is 0. The third-order valence-electron chi connectivity index (χ3n) is 16.1. The molecule has 0 fully saturated rings. The molecule has 0 unspecified atom stereocenters. The average molecular weight is 2820 g/mol. The summed E-state index contributed by atoms with van der Waals surface area (Å²) < 4.78 is 175. The summed E-state index contributed by atoms with van der Waals surface area (Å²) in [6.07, 6.45) is 0. The molecule has 0 aliphatic carbocycles. The summed E-state index contributed by atoms with van der Waals surface area (Å²) in [4.78, 5) is 0. The SMILES string of the molecule is O=[As](F)(OI(c1ccccc1)c1ccccc1)OI(c1ccccc1)c1ccccc1.O=[As](F)(OI(c1ccccc1)c1ccccc1)OI(c1ccccc1)c1ccccc1.O=[As](F)(OI(c1ccccc1)c1ccccc1)OI(c1ccccc1)c1ccccc1.O=[As](F)(OI(c1ccccc1)c1ccccc1)OI(c1ccccc1)c1ccccc1. The van der Waals surface area contributed by atoms with Crippen molar-refractivity contribution in [1.82, 2.24) is 0 Å². The molecule has 0 saturated carbocycles. The van der Waals surface area contributed by atoms with Crippen LogP contribution in [0.2, 0.25) is 0 Å². The van der Waals surface area contributed by atoms with Gasteiger partial charge >= 0.3 is 808 Å². The van der Waals surface area contributed by atoms with Gasteiger partial charge in [-0.1, -0.05) is 0 Å². The van der Waals surface area contributed by atoms with Gasteiger partial charge in [-0.15, -0.1) is 0 Å². The summed E-state index contributed by atoms with van der Waals surface area (Å²) in [5, 5.41) is 0. The van der Waals surface area contributed by atoms with Crippen LogP contribution >= 0.6 is 162 Å². The topological polar surface area (TPSA) is 142 Å². The third-order valence-corrected chi connectivity index (χ3v) is 86.7. The molecule has 0 N–H and O–H groups in total. The standard InChI is InChI=1S/4C24H20AsFI2O3/c4*26-25(29,30-27(21-13-5-1-6-14-21)22-15-7-2-8-16-22)31-28(23-17-9-3-10-18-23)24-19-11-4-12-20-24/h4*1-20H. The van der Waals surface area contributed by atoms with Gasteiger partial charge in [0.05, 0.1) is 0 Å². The van der Waals surface area contributed by atoms with Gasteiger partial charge in [0.1, 0.15) is 0 Å². The van der Waals surface area contributed by atoms with Crippen LogP contribution in [0.3, 0.4) is 0 Å². The molecule has 0 aromatic heterocycles. The van der Waals surface area contributed by atoms with E-state index >= 15 is 13.9 Å². The Kier molecular flexibility index (Phi) is 38.5. The second kappa shape index (κ2) is 49.8. The van der Waals surface area contributed by atoms with Gasteiger partial charge in [-0.3, -0.25) is 0 Å². The van der Waals surface area contributed by atoms with Gasteiger partial charge in [0, 0.05) is 0 Å². The van der Waals surface area contributed by atoms with Crippen molar-refractivity contribution in [2.45, 2.75) is 0 Å². The predicted octanol–water partition coefficient (Wildman–Crippen LogP) is 28.7. The first-order valence-electron chi connectivity index (χ1n) is 37.7. The van der Waals surface area contributed by atoms with Crippen molar-refractivity contribution in [3.8, 4) is 0 Å². The van der Waals surface area contributed by atoms with E-state index in [0.717, 1.165) is 57.1 Å². The molecule has 16 rings (SSSR count). The Hall–Kier alpha value is -5.81. The molecular weight excluding hydrogens is 2740 g/mol. The molecule has 0 amide bonds. The molecule has 0 atom stereocenters. The maximum absolute atomic E-state index is 15.6. The molecule has 0 saturated heterocycles. The van der Waals surface area contributed by atoms with Crippen LogP contribution < -0.4 is 0 Å². The number of halogens is 12. The fourth-order valence-electron chi connectivity index (χ4n) is 10.8. The van der Waals surface area contributed by atoms with Crippen LogP contribution in [-0.4, -0.2) is 58.6 Å². The number of rotatable bonds is 32. The van der Waals surface area contributed by atoms with Gasteiger partial charge in [0.2, 0.25) is 0 Å². The molecule has 16 aromatic carbocycles. The fourth-order valence-corrected chi connectivity index (χ4v) is 87.5. The van der Waals surface area contributed by atoms with E-state index in [1.165, 1.54) is 0 Å². The van der Waals surface area contributed by atoms with Crippen LogP contribution in [-0.2, 0) is 31.4 Å². The van der Waals surface area contributed by atoms with E-state index in [-0.39, 0.29) is 0 Å². The molecule has 16 aromatic rings. The Balaban J connectivity index is 0.000000142. The van der Waals surface area contributed by atoms with Gasteiger partial charge in [-0.05, 0) is 0 Å². The Morgan fingerprint density at radius 1 is 0.121 bits per heavy atom. The Morgan fingerprint density at radius 3 is 0.234 bits per heavy atom. The van der Waals surface area contributed by atoms with E-state index in [0.29, 0.717) is 0 Å². The summed E-state index contributed by atoms with van der Waals surface area (Å²) >= 11 is -44.3. The van der Waals surface area contributed by atoms with Crippen molar-refractivity contribution in [2.24, 2.45) is 0 Å². The monoisotopic (exact) mass is 2820 g/mol. The molecule has 0 bridgehead atoms. The molecule has 28 heteroatoms. The molecule has 12 nitrogen and oxygen atoms in total. The Morgan fingerprint density at radius 2 is 0.177 bits per heavy atom. The van der Waals surface area contributed by atoms with Crippen LogP contribution in [0.5, 0.6) is 0 Å². The van der Waals surface area contributed by atoms with E-state index < -0.39 is 220 Å². The molecule has 0 aliphatic rings. The number of benzene rings is 16. The van der Waals surface area contributed by atoms with Gasteiger partial charge in [-0.2, -0.15) is 0 Å². The number of hydrogen-bond donors (Lipinski definition) is 0. The van der Waals surface area contributed by atoms with Crippen molar-refractivity contribution in [3.63, 3.8) is 0 Å². The van der Waals surface area contributed by atoms with Gasteiger partial charge < -0.3 is 0 Å². The first-order valence-corrected chi connectivity index (χ1v) is 74.0. The molecule has 124 heavy (non-hydrogen) atoms. The predicted molar refractivity (Wildman–Crippen MR) is 553 cm³/mol. The van der Waals surface area contributed by atoms with Crippen LogP contribution in [0.1, 0.15) is 0 Å². The Labute approximate surface area is 796 Å². The first kappa shape index (κ1) is 95.8.